The summed E-state index contributed by atoms with van der Waals surface area (Å²) < 4.78 is 34.4. The van der Waals surface area contributed by atoms with Gasteiger partial charge in [-0.15, -0.1) is 0 Å². The van der Waals surface area contributed by atoms with Crippen LogP contribution in [0, 0.1) is 5.82 Å². The van der Waals surface area contributed by atoms with E-state index in [4.69, 9.17) is 5.14 Å². The Labute approximate surface area is 104 Å². The minimum absolute atomic E-state index is 0.0569. The molecular formula is C10H14FN3O3S. The third-order valence-corrected chi connectivity index (χ3v) is 2.87. The van der Waals surface area contributed by atoms with E-state index in [-0.39, 0.29) is 24.4 Å². The van der Waals surface area contributed by atoms with E-state index >= 15 is 0 Å². The first-order valence-corrected chi connectivity index (χ1v) is 6.90. The van der Waals surface area contributed by atoms with Crippen molar-refractivity contribution < 1.29 is 17.6 Å². The van der Waals surface area contributed by atoms with Crippen LogP contribution < -0.4 is 15.8 Å². The van der Waals surface area contributed by atoms with Crippen molar-refractivity contribution >= 4 is 21.7 Å². The minimum Gasteiger partial charge on any atom is -0.338 e. The highest BCUT2D eigenvalue weighted by atomic mass is 32.2. The Hall–Kier alpha value is -1.67. The van der Waals surface area contributed by atoms with Gasteiger partial charge in [-0.3, -0.25) is 0 Å². The largest absolute Gasteiger partial charge is 0.338 e. The van der Waals surface area contributed by atoms with Crippen molar-refractivity contribution in [3.63, 3.8) is 0 Å². The van der Waals surface area contributed by atoms with Crippen LogP contribution in [0.15, 0.2) is 24.3 Å². The Morgan fingerprint density at radius 2 is 2.00 bits per heavy atom. The summed E-state index contributed by atoms with van der Waals surface area (Å²) in [5, 5.41) is 9.49. The molecule has 6 nitrogen and oxygen atoms in total. The molecule has 1 aromatic carbocycles. The van der Waals surface area contributed by atoms with E-state index in [1.165, 1.54) is 18.2 Å². The van der Waals surface area contributed by atoms with Gasteiger partial charge in [-0.2, -0.15) is 0 Å². The lowest BCUT2D eigenvalue weighted by atomic mass is 10.3. The number of hydrogen-bond acceptors (Lipinski definition) is 3. The number of halogens is 1. The van der Waals surface area contributed by atoms with Crippen molar-refractivity contribution in [1.29, 1.82) is 0 Å². The van der Waals surface area contributed by atoms with Crippen LogP contribution in [-0.2, 0) is 10.0 Å². The molecule has 0 saturated carbocycles. The molecule has 0 aromatic heterocycles. The van der Waals surface area contributed by atoms with Gasteiger partial charge in [0.25, 0.3) is 0 Å². The van der Waals surface area contributed by atoms with E-state index in [1.807, 2.05) is 0 Å². The maximum atomic E-state index is 13.2. The maximum absolute atomic E-state index is 13.2. The Kier molecular flexibility index (Phi) is 5.05. The lowest BCUT2D eigenvalue weighted by Gasteiger charge is -2.07. The molecule has 0 bridgehead atoms. The molecular weight excluding hydrogens is 261 g/mol. The lowest BCUT2D eigenvalue weighted by Crippen LogP contribution is -2.31. The predicted octanol–water partition coefficient (Wildman–Crippen LogP) is 0.626. The number of hydrogen-bond donors (Lipinski definition) is 3. The number of urea groups is 1. The summed E-state index contributed by atoms with van der Waals surface area (Å²) in [6.45, 7) is 0.136. The molecule has 0 atom stereocenters. The number of para-hydroxylation sites is 1. The van der Waals surface area contributed by atoms with Crippen LogP contribution in [0.1, 0.15) is 6.42 Å². The Morgan fingerprint density at radius 3 is 2.61 bits per heavy atom. The number of carbonyl (C=O) groups excluding carboxylic acids is 1. The highest BCUT2D eigenvalue weighted by Gasteiger charge is 2.06. The second kappa shape index (κ2) is 6.31. The number of anilines is 1. The third kappa shape index (κ3) is 5.60. The molecule has 4 N–H and O–H groups in total. The van der Waals surface area contributed by atoms with Crippen molar-refractivity contribution in [3.8, 4) is 0 Å². The average Bonchev–Trinajstić information content (AvgIpc) is 2.26. The van der Waals surface area contributed by atoms with Crippen LogP contribution in [0.4, 0.5) is 14.9 Å². The van der Waals surface area contributed by atoms with Gasteiger partial charge in [-0.1, -0.05) is 12.1 Å². The molecule has 0 unspecified atom stereocenters. The molecule has 0 aliphatic rings. The number of carbonyl (C=O) groups is 1. The number of nitrogens with one attached hydrogen (secondary N) is 2. The van der Waals surface area contributed by atoms with Crippen LogP contribution in [0.2, 0.25) is 0 Å². The highest BCUT2D eigenvalue weighted by molar-refractivity contribution is 7.89. The third-order valence-electron chi connectivity index (χ3n) is 2.01. The predicted molar refractivity (Wildman–Crippen MR) is 66.0 cm³/mol. The van der Waals surface area contributed by atoms with Gasteiger partial charge in [-0.05, 0) is 18.6 Å². The first-order chi connectivity index (χ1) is 8.38. The van der Waals surface area contributed by atoms with Crippen molar-refractivity contribution in [3.05, 3.63) is 30.1 Å². The maximum Gasteiger partial charge on any atom is 0.319 e. The Balaban J connectivity index is 2.33. The minimum atomic E-state index is -3.52. The molecule has 100 valence electrons. The molecule has 18 heavy (non-hydrogen) atoms. The van der Waals surface area contributed by atoms with Gasteiger partial charge >= 0.3 is 6.03 Å². The summed E-state index contributed by atoms with van der Waals surface area (Å²) in [5.41, 5.74) is 0.0569. The molecule has 0 spiro atoms. The zero-order valence-electron chi connectivity index (χ0n) is 9.52. The van der Waals surface area contributed by atoms with Crippen molar-refractivity contribution in [2.24, 2.45) is 5.14 Å². The first kappa shape index (κ1) is 14.4. The zero-order valence-corrected chi connectivity index (χ0v) is 10.3. The topological polar surface area (TPSA) is 101 Å². The SMILES string of the molecule is NS(=O)(=O)CCCNC(=O)Nc1ccccc1F. The fraction of sp³-hybridized carbons (Fsp3) is 0.300. The Morgan fingerprint density at radius 1 is 1.33 bits per heavy atom. The van der Waals surface area contributed by atoms with Gasteiger partial charge in [0.2, 0.25) is 10.0 Å². The monoisotopic (exact) mass is 275 g/mol. The van der Waals surface area contributed by atoms with Crippen LogP contribution >= 0.6 is 0 Å². The fourth-order valence-corrected chi connectivity index (χ4v) is 1.75. The number of benzene rings is 1. The van der Waals surface area contributed by atoms with E-state index in [0.29, 0.717) is 0 Å². The lowest BCUT2D eigenvalue weighted by molar-refractivity contribution is 0.252. The van der Waals surface area contributed by atoms with Gasteiger partial charge < -0.3 is 10.6 Å². The Bertz CT molecular complexity index is 519. The summed E-state index contributed by atoms with van der Waals surface area (Å²) in [7, 11) is -3.52. The fourth-order valence-electron chi connectivity index (χ4n) is 1.20. The smallest absolute Gasteiger partial charge is 0.319 e. The van der Waals surface area contributed by atoms with Gasteiger partial charge in [0.15, 0.2) is 0 Å². The molecule has 0 aliphatic heterocycles. The van der Waals surface area contributed by atoms with Gasteiger partial charge in [-0.25, -0.2) is 22.7 Å². The highest BCUT2D eigenvalue weighted by Crippen LogP contribution is 2.11. The molecule has 2 amide bonds. The number of amides is 2. The summed E-state index contributed by atoms with van der Waals surface area (Å²) in [6, 6.07) is 5.12. The van der Waals surface area contributed by atoms with Gasteiger partial charge in [0.1, 0.15) is 5.82 Å². The normalized spacial score (nSPS) is 11.0. The number of primary sulfonamides is 1. The van der Waals surface area contributed by atoms with Crippen molar-refractivity contribution in [2.45, 2.75) is 6.42 Å². The second-order valence-electron chi connectivity index (χ2n) is 3.58. The van der Waals surface area contributed by atoms with Gasteiger partial charge in [0.05, 0.1) is 11.4 Å². The van der Waals surface area contributed by atoms with Crippen LogP contribution in [-0.4, -0.2) is 26.7 Å². The summed E-state index contributed by atoms with van der Waals surface area (Å²) in [6.07, 6.45) is 0.198. The van der Waals surface area contributed by atoms with E-state index < -0.39 is 21.9 Å². The van der Waals surface area contributed by atoms with E-state index in [2.05, 4.69) is 10.6 Å². The van der Waals surface area contributed by atoms with E-state index in [0.717, 1.165) is 0 Å². The number of rotatable bonds is 5. The molecule has 0 radical (unpaired) electrons. The zero-order chi connectivity index (χ0) is 13.6. The van der Waals surface area contributed by atoms with E-state index in [9.17, 15) is 17.6 Å². The molecule has 0 aliphatic carbocycles. The van der Waals surface area contributed by atoms with Crippen LogP contribution in [0.5, 0.6) is 0 Å². The summed E-state index contributed by atoms with van der Waals surface area (Å²) in [5.74, 6) is -0.760. The van der Waals surface area contributed by atoms with Crippen molar-refractivity contribution in [2.75, 3.05) is 17.6 Å². The van der Waals surface area contributed by atoms with E-state index in [1.54, 1.807) is 6.07 Å². The molecule has 1 rings (SSSR count). The standard InChI is InChI=1S/C10H14FN3O3S/c11-8-4-1-2-5-9(8)14-10(15)13-6-3-7-18(12,16)17/h1-2,4-5H,3,6-7H2,(H2,12,16,17)(H2,13,14,15). The molecule has 1 aromatic rings. The summed E-state index contributed by atoms with van der Waals surface area (Å²) >= 11 is 0. The molecule has 0 heterocycles. The average molecular weight is 275 g/mol. The van der Waals surface area contributed by atoms with Crippen molar-refractivity contribution in [1.82, 2.24) is 5.32 Å². The number of sulfonamides is 1. The molecule has 0 saturated heterocycles. The van der Waals surface area contributed by atoms with Crippen LogP contribution in [0.25, 0.3) is 0 Å². The quantitative estimate of drug-likeness (QED) is 0.687. The second-order valence-corrected chi connectivity index (χ2v) is 5.32. The number of nitrogens with two attached hydrogens (primary N) is 1. The molecule has 8 heteroatoms. The molecule has 0 fully saturated rings. The summed E-state index contributed by atoms with van der Waals surface area (Å²) in [4.78, 5) is 11.3. The first-order valence-electron chi connectivity index (χ1n) is 5.18. The van der Waals surface area contributed by atoms with Crippen LogP contribution in [0.3, 0.4) is 0 Å². The van der Waals surface area contributed by atoms with Gasteiger partial charge in [0, 0.05) is 6.54 Å².